The summed E-state index contributed by atoms with van der Waals surface area (Å²) in [5.41, 5.74) is 0.718. The van der Waals surface area contributed by atoms with E-state index in [-0.39, 0.29) is 10.9 Å². The fraction of sp³-hybridized carbons (Fsp3) is 0.176. The van der Waals surface area contributed by atoms with Crippen LogP contribution >= 0.6 is 11.6 Å². The number of hydrogen-bond acceptors (Lipinski definition) is 5. The van der Waals surface area contributed by atoms with Crippen molar-refractivity contribution in [1.29, 1.82) is 0 Å². The van der Waals surface area contributed by atoms with Gasteiger partial charge in [-0.2, -0.15) is 0 Å². The minimum atomic E-state index is -1.25. The molecule has 1 amide bonds. The zero-order valence-electron chi connectivity index (χ0n) is 13.1. The molecule has 8 heteroatoms. The molecule has 1 aromatic carbocycles. The van der Waals surface area contributed by atoms with Gasteiger partial charge in [0.05, 0.1) is 13.2 Å². The van der Waals surface area contributed by atoms with E-state index in [9.17, 15) is 14.0 Å². The highest BCUT2D eigenvalue weighted by molar-refractivity contribution is 6.30. The first-order valence-corrected chi connectivity index (χ1v) is 7.71. The van der Waals surface area contributed by atoms with Crippen molar-refractivity contribution in [2.45, 2.75) is 6.04 Å². The molecule has 1 aromatic heterocycles. The number of aromatic nitrogens is 1. The van der Waals surface area contributed by atoms with Gasteiger partial charge in [-0.25, -0.2) is 4.39 Å². The maximum Gasteiger partial charge on any atom is 0.320 e. The number of ether oxygens (including phenoxy) is 1. The summed E-state index contributed by atoms with van der Waals surface area (Å²) >= 11 is 5.90. The van der Waals surface area contributed by atoms with E-state index < -0.39 is 29.7 Å². The summed E-state index contributed by atoms with van der Waals surface area (Å²) in [7, 11) is 1.17. The number of nitrogens with zero attached hydrogens (tertiary/aromatic N) is 2. The van der Waals surface area contributed by atoms with Crippen LogP contribution < -0.4 is 5.32 Å². The number of amides is 1. The van der Waals surface area contributed by atoms with Crippen LogP contribution in [0.4, 0.5) is 4.39 Å². The Labute approximate surface area is 147 Å². The lowest BCUT2D eigenvalue weighted by molar-refractivity contribution is -0.150. The van der Waals surface area contributed by atoms with Crippen molar-refractivity contribution in [3.05, 3.63) is 64.7 Å². The second-order valence-corrected chi connectivity index (χ2v) is 5.77. The molecule has 0 saturated carbocycles. The lowest BCUT2D eigenvalue weighted by atomic mass is 9.91. The molecule has 2 aromatic rings. The third-order valence-corrected chi connectivity index (χ3v) is 3.92. The molecule has 0 radical (unpaired) electrons. The number of methoxy groups -OCH3 is 1. The Bertz CT molecular complexity index is 837. The number of hydrogen-bond donors (Lipinski definition) is 1. The number of esters is 1. The third-order valence-electron chi connectivity index (χ3n) is 3.70. The smallest absolute Gasteiger partial charge is 0.320 e. The molecular formula is C17H13ClFN3O3. The summed E-state index contributed by atoms with van der Waals surface area (Å²) in [4.78, 5) is 33.1. The zero-order valence-corrected chi connectivity index (χ0v) is 13.8. The van der Waals surface area contributed by atoms with Gasteiger partial charge in [0.25, 0.3) is 0 Å². The topological polar surface area (TPSA) is 80.7 Å². The second-order valence-electron chi connectivity index (χ2n) is 5.33. The lowest BCUT2D eigenvalue weighted by Gasteiger charge is -2.27. The Balaban J connectivity index is 2.12. The molecule has 1 N–H and O–H groups in total. The standard InChI is InChI=1S/C17H13ClFN3O3/c1-25-17(24)13-14(9-6-10(18)8-11(19)7-9)21-15(22-16(13)23)12-4-2-3-5-20-12/h2-8,13-14H,1H3,(H,21,22,23). The van der Waals surface area contributed by atoms with Crippen LogP contribution in [0, 0.1) is 11.7 Å². The number of pyridine rings is 1. The van der Waals surface area contributed by atoms with Gasteiger partial charge in [0.1, 0.15) is 11.5 Å². The van der Waals surface area contributed by atoms with E-state index in [0.29, 0.717) is 11.3 Å². The van der Waals surface area contributed by atoms with Crippen molar-refractivity contribution in [3.63, 3.8) is 0 Å². The second kappa shape index (κ2) is 6.98. The van der Waals surface area contributed by atoms with Crippen molar-refractivity contribution < 1.29 is 18.7 Å². The van der Waals surface area contributed by atoms with E-state index >= 15 is 0 Å². The minimum absolute atomic E-state index is 0.138. The van der Waals surface area contributed by atoms with Crippen LogP contribution in [0.15, 0.2) is 47.6 Å². The fourth-order valence-electron chi connectivity index (χ4n) is 2.59. The number of halogens is 2. The number of aliphatic imine (C=N–C) groups is 1. The van der Waals surface area contributed by atoms with Crippen molar-refractivity contribution in [3.8, 4) is 0 Å². The Morgan fingerprint density at radius 2 is 2.12 bits per heavy atom. The number of nitrogens with one attached hydrogen (secondary N) is 1. The average molecular weight is 362 g/mol. The Morgan fingerprint density at radius 3 is 2.76 bits per heavy atom. The van der Waals surface area contributed by atoms with Crippen molar-refractivity contribution in [1.82, 2.24) is 10.3 Å². The summed E-state index contributed by atoms with van der Waals surface area (Å²) in [5.74, 6) is -3.03. The molecule has 128 valence electrons. The van der Waals surface area contributed by atoms with Crippen LogP contribution in [0.2, 0.25) is 5.02 Å². The van der Waals surface area contributed by atoms with E-state index in [1.807, 2.05) is 0 Å². The van der Waals surface area contributed by atoms with Crippen LogP contribution in [-0.4, -0.2) is 29.8 Å². The summed E-state index contributed by atoms with van der Waals surface area (Å²) in [5, 5.41) is 2.69. The number of carbonyl (C=O) groups is 2. The van der Waals surface area contributed by atoms with E-state index in [1.165, 1.54) is 19.2 Å². The lowest BCUT2D eigenvalue weighted by Crippen LogP contribution is -2.47. The minimum Gasteiger partial charge on any atom is -0.468 e. The number of amidine groups is 1. The molecule has 3 rings (SSSR count). The third kappa shape index (κ3) is 3.51. The van der Waals surface area contributed by atoms with Crippen LogP contribution in [0.1, 0.15) is 17.3 Å². The van der Waals surface area contributed by atoms with Gasteiger partial charge in [-0.1, -0.05) is 17.7 Å². The summed E-state index contributed by atoms with van der Waals surface area (Å²) < 4.78 is 18.5. The molecule has 1 aliphatic rings. The monoisotopic (exact) mass is 361 g/mol. The molecular weight excluding hydrogens is 349 g/mol. The number of benzene rings is 1. The molecule has 25 heavy (non-hydrogen) atoms. The van der Waals surface area contributed by atoms with Crippen LogP contribution in [0.25, 0.3) is 0 Å². The van der Waals surface area contributed by atoms with Gasteiger partial charge in [0, 0.05) is 11.2 Å². The van der Waals surface area contributed by atoms with Crippen molar-refractivity contribution in [2.75, 3.05) is 7.11 Å². The molecule has 2 atom stereocenters. The average Bonchev–Trinajstić information content (AvgIpc) is 2.60. The van der Waals surface area contributed by atoms with Crippen LogP contribution in [0.5, 0.6) is 0 Å². The maximum atomic E-state index is 13.7. The summed E-state index contributed by atoms with van der Waals surface area (Å²) in [6.07, 6.45) is 1.55. The predicted molar refractivity (Wildman–Crippen MR) is 88.6 cm³/mol. The van der Waals surface area contributed by atoms with E-state index in [4.69, 9.17) is 16.3 Å². The van der Waals surface area contributed by atoms with Crippen molar-refractivity contribution >= 4 is 29.3 Å². The van der Waals surface area contributed by atoms with Gasteiger partial charge in [0.2, 0.25) is 5.91 Å². The first-order valence-electron chi connectivity index (χ1n) is 7.33. The highest BCUT2D eigenvalue weighted by Gasteiger charge is 2.41. The Morgan fingerprint density at radius 1 is 1.32 bits per heavy atom. The SMILES string of the molecule is COC(=O)C1C(=O)NC(c2ccccn2)=NC1c1cc(F)cc(Cl)c1. The Kier molecular flexibility index (Phi) is 4.76. The molecule has 2 heterocycles. The first-order chi connectivity index (χ1) is 12.0. The van der Waals surface area contributed by atoms with Gasteiger partial charge in [-0.3, -0.25) is 19.6 Å². The molecule has 0 bridgehead atoms. The molecule has 0 fully saturated rings. The van der Waals surface area contributed by atoms with E-state index in [1.54, 1.807) is 24.4 Å². The number of rotatable bonds is 3. The fourth-order valence-corrected chi connectivity index (χ4v) is 2.82. The maximum absolute atomic E-state index is 13.7. The van der Waals surface area contributed by atoms with E-state index in [0.717, 1.165) is 6.07 Å². The largest absolute Gasteiger partial charge is 0.468 e. The molecule has 6 nitrogen and oxygen atoms in total. The van der Waals surface area contributed by atoms with Gasteiger partial charge in [0.15, 0.2) is 11.8 Å². The van der Waals surface area contributed by atoms with E-state index in [2.05, 4.69) is 15.3 Å². The molecule has 2 unspecified atom stereocenters. The predicted octanol–water partition coefficient (Wildman–Crippen LogP) is 2.28. The zero-order chi connectivity index (χ0) is 18.0. The quantitative estimate of drug-likeness (QED) is 0.671. The highest BCUT2D eigenvalue weighted by Crippen LogP contribution is 2.32. The van der Waals surface area contributed by atoms with Crippen molar-refractivity contribution in [2.24, 2.45) is 10.9 Å². The normalized spacial score (nSPS) is 19.8. The van der Waals surface area contributed by atoms with Gasteiger partial charge in [-0.15, -0.1) is 0 Å². The summed E-state index contributed by atoms with van der Waals surface area (Å²) in [6.45, 7) is 0. The summed E-state index contributed by atoms with van der Waals surface area (Å²) in [6, 6.07) is 7.91. The molecule has 0 saturated heterocycles. The number of carbonyl (C=O) groups excluding carboxylic acids is 2. The Hall–Kier alpha value is -2.80. The molecule has 0 aliphatic carbocycles. The van der Waals surface area contributed by atoms with Gasteiger partial charge < -0.3 is 10.1 Å². The van der Waals surface area contributed by atoms with Gasteiger partial charge in [-0.05, 0) is 35.9 Å². The molecule has 0 spiro atoms. The van der Waals surface area contributed by atoms with Gasteiger partial charge >= 0.3 is 5.97 Å². The molecule has 1 aliphatic heterocycles. The highest BCUT2D eigenvalue weighted by atomic mass is 35.5. The first kappa shape index (κ1) is 17.0. The van der Waals surface area contributed by atoms with Crippen LogP contribution in [-0.2, 0) is 14.3 Å². The van der Waals surface area contributed by atoms with Crippen LogP contribution in [0.3, 0.4) is 0 Å².